The molecule has 1 aromatic carbocycles. The number of nitrogens with one attached hydrogen (secondary N) is 3. The highest BCUT2D eigenvalue weighted by Crippen LogP contribution is 2.12. The van der Waals surface area contributed by atoms with E-state index in [9.17, 15) is 34.2 Å². The Labute approximate surface area is 213 Å². The lowest BCUT2D eigenvalue weighted by atomic mass is 10.0. The van der Waals surface area contributed by atoms with Gasteiger partial charge in [-0.25, -0.2) is 4.79 Å². The van der Waals surface area contributed by atoms with Crippen LogP contribution < -0.4 is 27.4 Å². The van der Waals surface area contributed by atoms with E-state index >= 15 is 0 Å². The van der Waals surface area contributed by atoms with Gasteiger partial charge in [0, 0.05) is 12.2 Å². The molecule has 0 saturated carbocycles. The Morgan fingerprint density at radius 3 is 1.94 bits per heavy atom. The van der Waals surface area contributed by atoms with Gasteiger partial charge >= 0.3 is 11.9 Å². The Bertz CT molecular complexity index is 914. The molecule has 200 valence electrons. The molecule has 0 aliphatic heterocycles. The van der Waals surface area contributed by atoms with Crippen LogP contribution in [0.15, 0.2) is 24.3 Å². The first-order valence-corrected chi connectivity index (χ1v) is 11.8. The molecule has 14 heteroatoms. The van der Waals surface area contributed by atoms with Crippen molar-refractivity contribution in [3.8, 4) is 5.75 Å². The maximum atomic E-state index is 13.1. The smallest absolute Gasteiger partial charge is 0.327 e. The minimum Gasteiger partial charge on any atom is -0.508 e. The SMILES string of the molecule is NCCCCC(N)C(=O)NC(Cc1ccc(O)cc1)C(=O)NC(CC(=O)O)C(=O)NC(CS)C(=O)O. The predicted molar refractivity (Wildman–Crippen MR) is 132 cm³/mol. The molecule has 4 unspecified atom stereocenters. The zero-order valence-electron chi connectivity index (χ0n) is 19.6. The van der Waals surface area contributed by atoms with Crippen molar-refractivity contribution in [2.75, 3.05) is 12.3 Å². The number of nitrogens with two attached hydrogens (primary N) is 2. The Kier molecular flexibility index (Phi) is 13.3. The van der Waals surface area contributed by atoms with Gasteiger partial charge < -0.3 is 42.7 Å². The molecule has 10 N–H and O–H groups in total. The lowest BCUT2D eigenvalue weighted by Gasteiger charge is -2.24. The summed E-state index contributed by atoms with van der Waals surface area (Å²) in [6.45, 7) is 0.434. The van der Waals surface area contributed by atoms with E-state index in [4.69, 9.17) is 16.6 Å². The largest absolute Gasteiger partial charge is 0.508 e. The first kappa shape index (κ1) is 30.7. The van der Waals surface area contributed by atoms with Crippen LogP contribution >= 0.6 is 12.6 Å². The Balaban J connectivity index is 3.08. The summed E-state index contributed by atoms with van der Waals surface area (Å²) in [6, 6.07) is 0.581. The number of carbonyl (C=O) groups is 5. The highest BCUT2D eigenvalue weighted by molar-refractivity contribution is 7.80. The van der Waals surface area contributed by atoms with Gasteiger partial charge in [0.1, 0.15) is 23.9 Å². The minimum absolute atomic E-state index is 0.0129. The number of phenolic OH excluding ortho intramolecular Hbond substituents is 1. The number of thiol groups is 1. The summed E-state index contributed by atoms with van der Waals surface area (Å²) in [6.07, 6.45) is 0.670. The van der Waals surface area contributed by atoms with E-state index in [1.807, 2.05) is 0 Å². The van der Waals surface area contributed by atoms with Crippen molar-refractivity contribution >= 4 is 42.3 Å². The molecule has 36 heavy (non-hydrogen) atoms. The number of carboxylic acid groups (broad SMARTS) is 2. The maximum absolute atomic E-state index is 13.1. The number of carbonyl (C=O) groups excluding carboxylic acids is 3. The number of benzene rings is 1. The van der Waals surface area contributed by atoms with Gasteiger partial charge in [-0.1, -0.05) is 18.6 Å². The van der Waals surface area contributed by atoms with Crippen LogP contribution in [0, 0.1) is 0 Å². The number of hydrogen-bond donors (Lipinski definition) is 9. The molecule has 0 spiro atoms. The number of phenols is 1. The molecule has 0 bridgehead atoms. The van der Waals surface area contributed by atoms with Crippen LogP contribution in [-0.2, 0) is 30.4 Å². The van der Waals surface area contributed by atoms with Gasteiger partial charge in [0.2, 0.25) is 17.7 Å². The number of amides is 3. The molecule has 0 heterocycles. The van der Waals surface area contributed by atoms with Crippen LogP contribution in [0.25, 0.3) is 0 Å². The van der Waals surface area contributed by atoms with Crippen molar-refractivity contribution in [2.45, 2.75) is 56.3 Å². The van der Waals surface area contributed by atoms with Gasteiger partial charge in [0.05, 0.1) is 12.5 Å². The van der Waals surface area contributed by atoms with Crippen molar-refractivity contribution < 1.29 is 39.3 Å². The standard InChI is InChI=1S/C22H33N5O8S/c23-8-2-1-3-14(24)19(31)25-15(9-12-4-6-13(28)7-5-12)20(32)26-16(10-18(29)30)21(33)27-17(11-36)22(34)35/h4-7,14-17,28,36H,1-3,8-11,23-24H2,(H,25,31)(H,26,32)(H,27,33)(H,29,30)(H,34,35). The summed E-state index contributed by atoms with van der Waals surface area (Å²) < 4.78 is 0. The zero-order chi connectivity index (χ0) is 27.3. The summed E-state index contributed by atoms with van der Waals surface area (Å²) in [7, 11) is 0. The quantitative estimate of drug-likeness (QED) is 0.0876. The van der Waals surface area contributed by atoms with Gasteiger partial charge in [-0.15, -0.1) is 0 Å². The third-order valence-electron chi connectivity index (χ3n) is 5.12. The molecule has 1 rings (SSSR count). The van der Waals surface area contributed by atoms with Crippen molar-refractivity contribution in [1.29, 1.82) is 0 Å². The van der Waals surface area contributed by atoms with Gasteiger partial charge in [0.15, 0.2) is 0 Å². The summed E-state index contributed by atoms with van der Waals surface area (Å²) >= 11 is 3.84. The summed E-state index contributed by atoms with van der Waals surface area (Å²) in [5, 5.41) is 34.7. The van der Waals surface area contributed by atoms with Gasteiger partial charge in [-0.05, 0) is 37.1 Å². The van der Waals surface area contributed by atoms with Gasteiger partial charge in [-0.2, -0.15) is 12.6 Å². The first-order valence-electron chi connectivity index (χ1n) is 11.2. The lowest BCUT2D eigenvalue weighted by molar-refractivity contribution is -0.143. The molecular formula is C22H33N5O8S. The number of carboxylic acids is 2. The van der Waals surface area contributed by atoms with E-state index in [-0.39, 0.29) is 17.9 Å². The van der Waals surface area contributed by atoms with E-state index in [0.29, 0.717) is 31.4 Å². The molecule has 1 aromatic rings. The second kappa shape index (κ2) is 15.6. The van der Waals surface area contributed by atoms with Crippen LogP contribution in [-0.4, -0.2) is 81.4 Å². The molecular weight excluding hydrogens is 494 g/mol. The number of hydrogen-bond acceptors (Lipinski definition) is 9. The molecule has 0 aliphatic carbocycles. The van der Waals surface area contributed by atoms with Crippen molar-refractivity contribution in [2.24, 2.45) is 11.5 Å². The van der Waals surface area contributed by atoms with Crippen LogP contribution in [0.4, 0.5) is 0 Å². The van der Waals surface area contributed by atoms with E-state index in [1.54, 1.807) is 0 Å². The van der Waals surface area contributed by atoms with Crippen LogP contribution in [0.5, 0.6) is 5.75 Å². The van der Waals surface area contributed by atoms with Crippen molar-refractivity contribution in [3.63, 3.8) is 0 Å². The second-order valence-electron chi connectivity index (χ2n) is 8.06. The zero-order valence-corrected chi connectivity index (χ0v) is 20.4. The van der Waals surface area contributed by atoms with Crippen LogP contribution in [0.3, 0.4) is 0 Å². The summed E-state index contributed by atoms with van der Waals surface area (Å²) in [4.78, 5) is 60.7. The number of unbranched alkanes of at least 4 members (excludes halogenated alkanes) is 1. The van der Waals surface area contributed by atoms with E-state index < -0.39 is 60.2 Å². The third-order valence-corrected chi connectivity index (χ3v) is 5.49. The Morgan fingerprint density at radius 1 is 0.861 bits per heavy atom. The van der Waals surface area contributed by atoms with Crippen molar-refractivity contribution in [1.82, 2.24) is 16.0 Å². The number of aliphatic carboxylic acids is 2. The van der Waals surface area contributed by atoms with Gasteiger partial charge in [0.25, 0.3) is 0 Å². The molecule has 0 saturated heterocycles. The van der Waals surface area contributed by atoms with E-state index in [2.05, 4.69) is 28.6 Å². The van der Waals surface area contributed by atoms with Crippen LogP contribution in [0.1, 0.15) is 31.2 Å². The number of aromatic hydroxyl groups is 1. The predicted octanol–water partition coefficient (Wildman–Crippen LogP) is -1.67. The highest BCUT2D eigenvalue weighted by Gasteiger charge is 2.31. The summed E-state index contributed by atoms with van der Waals surface area (Å²) in [5.41, 5.74) is 11.9. The highest BCUT2D eigenvalue weighted by atomic mass is 32.1. The average Bonchev–Trinajstić information content (AvgIpc) is 2.82. The fourth-order valence-corrected chi connectivity index (χ4v) is 3.36. The average molecular weight is 528 g/mol. The number of rotatable bonds is 16. The van der Waals surface area contributed by atoms with Crippen LogP contribution in [0.2, 0.25) is 0 Å². The summed E-state index contributed by atoms with van der Waals surface area (Å²) in [5.74, 6) is -5.65. The topological polar surface area (TPSA) is 234 Å². The molecule has 3 amide bonds. The third kappa shape index (κ3) is 10.9. The lowest BCUT2D eigenvalue weighted by Crippen LogP contribution is -2.58. The molecule has 0 radical (unpaired) electrons. The molecule has 0 aliphatic rings. The Hall–Kier alpha value is -3.36. The van der Waals surface area contributed by atoms with Crippen molar-refractivity contribution in [3.05, 3.63) is 29.8 Å². The molecule has 0 fully saturated rings. The minimum atomic E-state index is -1.63. The van der Waals surface area contributed by atoms with E-state index in [1.165, 1.54) is 24.3 Å². The first-order chi connectivity index (χ1) is 17.0. The molecule has 0 aromatic heterocycles. The Morgan fingerprint density at radius 2 is 1.42 bits per heavy atom. The van der Waals surface area contributed by atoms with E-state index in [0.717, 1.165) is 0 Å². The fraction of sp³-hybridized carbons (Fsp3) is 0.500. The monoisotopic (exact) mass is 527 g/mol. The maximum Gasteiger partial charge on any atom is 0.327 e. The second-order valence-corrected chi connectivity index (χ2v) is 8.43. The molecule has 13 nitrogen and oxygen atoms in total. The fourth-order valence-electron chi connectivity index (χ4n) is 3.11. The molecule has 4 atom stereocenters. The normalized spacial score (nSPS) is 14.1. The van der Waals surface area contributed by atoms with Gasteiger partial charge in [-0.3, -0.25) is 19.2 Å².